The van der Waals surface area contributed by atoms with E-state index in [0.29, 0.717) is 0 Å². The lowest BCUT2D eigenvalue weighted by molar-refractivity contribution is 0.590. The topological polar surface area (TPSA) is 12.0 Å². The average molecular weight is 322 g/mol. The smallest absolute Gasteiger partial charge is 0.124 e. The molecule has 2 aromatic rings. The van der Waals surface area contributed by atoms with Gasteiger partial charge in [0.25, 0.3) is 0 Å². The molecule has 0 saturated carbocycles. The van der Waals surface area contributed by atoms with Crippen LogP contribution in [0.4, 0.5) is 4.39 Å². The average Bonchev–Trinajstić information content (AvgIpc) is 2.42. The Balaban J connectivity index is 2.37. The Morgan fingerprint density at radius 1 is 1.16 bits per heavy atom. The van der Waals surface area contributed by atoms with Crippen molar-refractivity contribution in [2.45, 2.75) is 19.4 Å². The number of nitrogens with one attached hydrogen (secondary N) is 1. The van der Waals surface area contributed by atoms with Crippen LogP contribution >= 0.6 is 15.9 Å². The molecule has 0 aliphatic heterocycles. The molecule has 3 heteroatoms. The van der Waals surface area contributed by atoms with Crippen LogP contribution in [0.1, 0.15) is 30.5 Å². The summed E-state index contributed by atoms with van der Waals surface area (Å²) in [5, 5.41) is 3.51. The lowest BCUT2D eigenvalue weighted by atomic mass is 9.98. The molecule has 0 radical (unpaired) electrons. The first kappa shape index (κ1) is 14.2. The summed E-state index contributed by atoms with van der Waals surface area (Å²) in [6, 6.07) is 15.1. The highest BCUT2D eigenvalue weighted by Crippen LogP contribution is 2.29. The van der Waals surface area contributed by atoms with Crippen LogP contribution in [-0.2, 0) is 0 Å². The van der Waals surface area contributed by atoms with Crippen molar-refractivity contribution in [3.63, 3.8) is 0 Å². The Bertz CT molecular complexity index is 528. The molecule has 100 valence electrons. The number of benzene rings is 2. The highest BCUT2D eigenvalue weighted by atomic mass is 79.9. The van der Waals surface area contributed by atoms with Gasteiger partial charge >= 0.3 is 0 Å². The Morgan fingerprint density at radius 3 is 2.53 bits per heavy atom. The zero-order valence-electron chi connectivity index (χ0n) is 10.9. The molecule has 0 aliphatic carbocycles. The summed E-state index contributed by atoms with van der Waals surface area (Å²) in [5.41, 5.74) is 2.24. The van der Waals surface area contributed by atoms with Gasteiger partial charge in [-0.25, -0.2) is 4.39 Å². The van der Waals surface area contributed by atoms with Gasteiger partial charge in [-0.15, -0.1) is 0 Å². The molecule has 0 aromatic heterocycles. The van der Waals surface area contributed by atoms with E-state index >= 15 is 0 Å². The second-order valence-electron chi connectivity index (χ2n) is 4.46. The van der Waals surface area contributed by atoms with Gasteiger partial charge in [-0.05, 0) is 36.2 Å². The third-order valence-electron chi connectivity index (χ3n) is 3.00. The van der Waals surface area contributed by atoms with Crippen molar-refractivity contribution in [2.75, 3.05) is 6.54 Å². The summed E-state index contributed by atoms with van der Waals surface area (Å²) < 4.78 is 14.0. The van der Waals surface area contributed by atoms with Gasteiger partial charge in [0.15, 0.2) is 0 Å². The Labute approximate surface area is 122 Å². The molecule has 0 saturated heterocycles. The summed E-state index contributed by atoms with van der Waals surface area (Å²) >= 11 is 3.46. The molecule has 0 heterocycles. The van der Waals surface area contributed by atoms with E-state index in [4.69, 9.17) is 0 Å². The molecule has 2 aromatic carbocycles. The molecule has 2 rings (SSSR count). The van der Waals surface area contributed by atoms with Crippen molar-refractivity contribution < 1.29 is 4.39 Å². The van der Waals surface area contributed by atoms with E-state index in [1.807, 2.05) is 24.3 Å². The van der Waals surface area contributed by atoms with Gasteiger partial charge < -0.3 is 5.32 Å². The van der Waals surface area contributed by atoms with E-state index in [2.05, 4.69) is 40.3 Å². The third-order valence-corrected chi connectivity index (χ3v) is 3.69. The molecule has 0 fully saturated rings. The van der Waals surface area contributed by atoms with Gasteiger partial charge in [0, 0.05) is 4.47 Å². The van der Waals surface area contributed by atoms with Crippen LogP contribution < -0.4 is 5.32 Å². The zero-order valence-corrected chi connectivity index (χ0v) is 12.5. The molecule has 0 spiro atoms. The van der Waals surface area contributed by atoms with Gasteiger partial charge in [-0.1, -0.05) is 59.3 Å². The molecule has 0 amide bonds. The Morgan fingerprint density at radius 2 is 1.89 bits per heavy atom. The molecule has 0 aliphatic rings. The van der Waals surface area contributed by atoms with Crippen LogP contribution in [0.2, 0.25) is 0 Å². The summed E-state index contributed by atoms with van der Waals surface area (Å²) in [5.74, 6) is -0.224. The largest absolute Gasteiger partial charge is 0.306 e. The summed E-state index contributed by atoms with van der Waals surface area (Å²) in [6.07, 6.45) is 1.06. The minimum atomic E-state index is -0.224. The Kier molecular flexibility index (Phi) is 5.11. The highest BCUT2D eigenvalue weighted by Gasteiger charge is 2.16. The maximum absolute atomic E-state index is 13.2. The summed E-state index contributed by atoms with van der Waals surface area (Å²) in [7, 11) is 0. The van der Waals surface area contributed by atoms with E-state index in [1.54, 1.807) is 0 Å². The second-order valence-corrected chi connectivity index (χ2v) is 5.32. The van der Waals surface area contributed by atoms with Crippen LogP contribution in [0.25, 0.3) is 0 Å². The van der Waals surface area contributed by atoms with Crippen molar-refractivity contribution in [1.82, 2.24) is 5.32 Å². The van der Waals surface area contributed by atoms with Crippen molar-refractivity contribution in [2.24, 2.45) is 0 Å². The van der Waals surface area contributed by atoms with Gasteiger partial charge in [-0.3, -0.25) is 0 Å². The predicted molar refractivity (Wildman–Crippen MR) is 80.7 cm³/mol. The predicted octanol–water partition coefficient (Wildman–Crippen LogP) is 4.68. The summed E-state index contributed by atoms with van der Waals surface area (Å²) in [4.78, 5) is 0. The molecule has 1 atom stereocenters. The van der Waals surface area contributed by atoms with Crippen molar-refractivity contribution in [3.05, 3.63) is 69.9 Å². The standard InChI is InChI=1S/C16H17BrFN/c1-2-10-19-16(12-6-4-3-5-7-12)14-9-8-13(18)11-15(14)17/h3-9,11,16,19H,2,10H2,1H3. The number of halogens is 2. The SMILES string of the molecule is CCCNC(c1ccccc1)c1ccc(F)cc1Br. The summed E-state index contributed by atoms with van der Waals surface area (Å²) in [6.45, 7) is 3.05. The van der Waals surface area contributed by atoms with Crippen LogP contribution in [0, 0.1) is 5.82 Å². The van der Waals surface area contributed by atoms with Gasteiger partial charge in [0.2, 0.25) is 0 Å². The first-order chi connectivity index (χ1) is 9.22. The van der Waals surface area contributed by atoms with E-state index in [1.165, 1.54) is 17.7 Å². The highest BCUT2D eigenvalue weighted by molar-refractivity contribution is 9.10. The van der Waals surface area contributed by atoms with E-state index in [9.17, 15) is 4.39 Å². The van der Waals surface area contributed by atoms with Crippen molar-refractivity contribution in [1.29, 1.82) is 0 Å². The maximum Gasteiger partial charge on any atom is 0.124 e. The number of rotatable bonds is 5. The maximum atomic E-state index is 13.2. The van der Waals surface area contributed by atoms with Gasteiger partial charge in [0.05, 0.1) is 6.04 Å². The van der Waals surface area contributed by atoms with Crippen molar-refractivity contribution in [3.8, 4) is 0 Å². The monoisotopic (exact) mass is 321 g/mol. The first-order valence-corrected chi connectivity index (χ1v) is 7.25. The van der Waals surface area contributed by atoms with Gasteiger partial charge in [-0.2, -0.15) is 0 Å². The minimum absolute atomic E-state index is 0.0797. The van der Waals surface area contributed by atoms with Crippen LogP contribution in [0.5, 0.6) is 0 Å². The first-order valence-electron chi connectivity index (χ1n) is 6.45. The molecule has 0 bridgehead atoms. The lowest BCUT2D eigenvalue weighted by Crippen LogP contribution is -2.23. The molecular weight excluding hydrogens is 305 g/mol. The number of hydrogen-bond acceptors (Lipinski definition) is 1. The van der Waals surface area contributed by atoms with E-state index in [-0.39, 0.29) is 11.9 Å². The van der Waals surface area contributed by atoms with Crippen LogP contribution in [0.3, 0.4) is 0 Å². The fourth-order valence-corrected chi connectivity index (χ4v) is 2.66. The minimum Gasteiger partial charge on any atom is -0.306 e. The molecule has 1 unspecified atom stereocenters. The van der Waals surface area contributed by atoms with Crippen molar-refractivity contribution >= 4 is 15.9 Å². The molecule has 1 N–H and O–H groups in total. The normalized spacial score (nSPS) is 12.4. The quantitative estimate of drug-likeness (QED) is 0.843. The third kappa shape index (κ3) is 3.64. The second kappa shape index (κ2) is 6.83. The fraction of sp³-hybridized carbons (Fsp3) is 0.250. The van der Waals surface area contributed by atoms with Crippen LogP contribution in [-0.4, -0.2) is 6.54 Å². The molecule has 1 nitrogen and oxygen atoms in total. The molecular formula is C16H17BrFN. The fourth-order valence-electron chi connectivity index (χ4n) is 2.08. The lowest BCUT2D eigenvalue weighted by Gasteiger charge is -2.21. The Hall–Kier alpha value is -1.19. The zero-order chi connectivity index (χ0) is 13.7. The van der Waals surface area contributed by atoms with E-state index < -0.39 is 0 Å². The van der Waals surface area contributed by atoms with Crippen LogP contribution in [0.15, 0.2) is 53.0 Å². The number of hydrogen-bond donors (Lipinski definition) is 1. The van der Waals surface area contributed by atoms with E-state index in [0.717, 1.165) is 23.0 Å². The van der Waals surface area contributed by atoms with Gasteiger partial charge in [0.1, 0.15) is 5.82 Å². The molecule has 19 heavy (non-hydrogen) atoms.